The van der Waals surface area contributed by atoms with Gasteiger partial charge in [-0.15, -0.1) is 0 Å². The molecule has 0 aromatic heterocycles. The van der Waals surface area contributed by atoms with E-state index in [4.69, 9.17) is 9.47 Å². The minimum Gasteiger partial charge on any atom is -0.492 e. The lowest BCUT2D eigenvalue weighted by atomic mass is 10.2. The summed E-state index contributed by atoms with van der Waals surface area (Å²) in [6.45, 7) is 3.63. The van der Waals surface area contributed by atoms with Crippen LogP contribution in [0.4, 0.5) is 11.4 Å². The Morgan fingerprint density at radius 1 is 1.19 bits per heavy atom. The Morgan fingerprint density at radius 3 is 2.69 bits per heavy atom. The number of hydrogen-bond donors (Lipinski definition) is 1. The molecule has 10 nitrogen and oxygen atoms in total. The van der Waals surface area contributed by atoms with Crippen molar-refractivity contribution in [1.82, 2.24) is 9.21 Å². The van der Waals surface area contributed by atoms with Crippen molar-refractivity contribution in [2.24, 2.45) is 4.99 Å². The van der Waals surface area contributed by atoms with Gasteiger partial charge < -0.3 is 14.8 Å². The zero-order valence-corrected chi connectivity index (χ0v) is 21.7. The van der Waals surface area contributed by atoms with E-state index in [2.05, 4.69) is 10.3 Å². The van der Waals surface area contributed by atoms with E-state index >= 15 is 0 Å². The predicted molar refractivity (Wildman–Crippen MR) is 138 cm³/mol. The molecule has 36 heavy (non-hydrogen) atoms. The third kappa shape index (κ3) is 5.89. The fourth-order valence-electron chi connectivity index (χ4n) is 3.78. The van der Waals surface area contributed by atoms with Crippen molar-refractivity contribution in [1.29, 1.82) is 0 Å². The van der Waals surface area contributed by atoms with Crippen LogP contribution < -0.4 is 10.1 Å². The van der Waals surface area contributed by atoms with Gasteiger partial charge in [0.1, 0.15) is 11.0 Å². The smallest absolute Gasteiger partial charge is 0.243 e. The molecule has 2 heterocycles. The maximum Gasteiger partial charge on any atom is 0.243 e. The van der Waals surface area contributed by atoms with Crippen molar-refractivity contribution in [3.63, 3.8) is 0 Å². The molecule has 2 amide bonds. The maximum atomic E-state index is 13.0. The number of thioether (sulfide) groups is 1. The van der Waals surface area contributed by atoms with Gasteiger partial charge in [0, 0.05) is 26.6 Å². The Morgan fingerprint density at radius 2 is 1.94 bits per heavy atom. The van der Waals surface area contributed by atoms with Crippen LogP contribution in [0.3, 0.4) is 0 Å². The molecule has 0 unspecified atom stereocenters. The van der Waals surface area contributed by atoms with Crippen LogP contribution >= 0.6 is 11.8 Å². The SMILES string of the molecule is CCOc1ccccc1NC(=O)C[C@H]1SC(=Nc2cccc(S(=O)(=O)N3CCOCC3)c2)N(C)C1=O. The number of aliphatic imine (C=N–C) groups is 1. The Bertz CT molecular complexity index is 1260. The summed E-state index contributed by atoms with van der Waals surface area (Å²) in [5.74, 6) is -0.00428. The molecule has 0 saturated carbocycles. The first-order chi connectivity index (χ1) is 17.3. The van der Waals surface area contributed by atoms with Crippen molar-refractivity contribution < 1.29 is 27.5 Å². The highest BCUT2D eigenvalue weighted by molar-refractivity contribution is 8.15. The van der Waals surface area contributed by atoms with E-state index in [-0.39, 0.29) is 23.1 Å². The molecule has 1 atom stereocenters. The molecule has 0 radical (unpaired) electrons. The molecule has 4 rings (SSSR count). The van der Waals surface area contributed by atoms with Gasteiger partial charge in [0.15, 0.2) is 5.17 Å². The van der Waals surface area contributed by atoms with Crippen molar-refractivity contribution in [2.75, 3.05) is 45.3 Å². The number of rotatable bonds is 8. The van der Waals surface area contributed by atoms with E-state index in [1.54, 1.807) is 37.4 Å². The molecule has 0 spiro atoms. The average molecular weight is 533 g/mol. The quantitative estimate of drug-likeness (QED) is 0.555. The maximum absolute atomic E-state index is 13.0. The van der Waals surface area contributed by atoms with Crippen LogP contribution in [0.1, 0.15) is 13.3 Å². The molecule has 2 saturated heterocycles. The number of ether oxygens (including phenoxy) is 2. The highest BCUT2D eigenvalue weighted by Gasteiger charge is 2.37. The number of para-hydroxylation sites is 2. The number of sulfonamides is 1. The van der Waals surface area contributed by atoms with Gasteiger partial charge in [0.2, 0.25) is 21.8 Å². The first kappa shape index (κ1) is 26.1. The second-order valence-electron chi connectivity index (χ2n) is 8.09. The third-order valence-corrected chi connectivity index (χ3v) is 8.75. The second-order valence-corrected chi connectivity index (χ2v) is 11.2. The summed E-state index contributed by atoms with van der Waals surface area (Å²) in [7, 11) is -2.09. The molecule has 0 bridgehead atoms. The molecule has 12 heteroatoms. The van der Waals surface area contributed by atoms with Crippen molar-refractivity contribution in [3.8, 4) is 5.75 Å². The van der Waals surface area contributed by atoms with Crippen LogP contribution in [0.2, 0.25) is 0 Å². The zero-order valence-electron chi connectivity index (χ0n) is 20.0. The molecular formula is C24H28N4O6S2. The lowest BCUT2D eigenvalue weighted by molar-refractivity contribution is -0.127. The van der Waals surface area contributed by atoms with Crippen molar-refractivity contribution >= 4 is 50.1 Å². The van der Waals surface area contributed by atoms with E-state index in [0.29, 0.717) is 55.2 Å². The summed E-state index contributed by atoms with van der Waals surface area (Å²) in [6, 6.07) is 13.4. The molecule has 2 aromatic carbocycles. The average Bonchev–Trinajstić information content (AvgIpc) is 3.13. The van der Waals surface area contributed by atoms with E-state index < -0.39 is 15.3 Å². The summed E-state index contributed by atoms with van der Waals surface area (Å²) in [4.78, 5) is 31.5. The van der Waals surface area contributed by atoms with Crippen LogP contribution in [0.15, 0.2) is 58.4 Å². The Labute approximate surface area is 214 Å². The van der Waals surface area contributed by atoms with E-state index in [1.807, 2.05) is 13.0 Å². The number of amidine groups is 1. The van der Waals surface area contributed by atoms with Gasteiger partial charge in [0.25, 0.3) is 0 Å². The number of benzene rings is 2. The number of nitrogens with zero attached hydrogens (tertiary/aromatic N) is 3. The number of hydrogen-bond acceptors (Lipinski definition) is 8. The van der Waals surface area contributed by atoms with Crippen LogP contribution in [0.5, 0.6) is 5.75 Å². The normalized spacial score (nSPS) is 20.1. The fourth-order valence-corrected chi connectivity index (χ4v) is 6.38. The summed E-state index contributed by atoms with van der Waals surface area (Å²) in [5, 5.41) is 2.56. The number of carbonyl (C=O) groups excluding carboxylic acids is 2. The molecule has 2 aliphatic rings. The minimum atomic E-state index is -3.67. The standard InChI is InChI=1S/C24H28N4O6S2/c1-3-34-20-10-5-4-9-19(20)26-22(29)16-21-23(30)27(2)24(35-21)25-17-7-6-8-18(15-17)36(31,32)28-11-13-33-14-12-28/h4-10,15,21H,3,11-14,16H2,1-2H3,(H,26,29)/t21-/m1/s1. The summed E-state index contributed by atoms with van der Waals surface area (Å²) < 4.78 is 38.1. The molecular weight excluding hydrogens is 504 g/mol. The first-order valence-electron chi connectivity index (χ1n) is 11.5. The van der Waals surface area contributed by atoms with Gasteiger partial charge in [0.05, 0.1) is 36.1 Å². The molecule has 2 aromatic rings. The zero-order chi connectivity index (χ0) is 25.7. The predicted octanol–water partition coefficient (Wildman–Crippen LogP) is 2.70. The molecule has 2 fully saturated rings. The number of amides is 2. The van der Waals surface area contributed by atoms with Gasteiger partial charge >= 0.3 is 0 Å². The topological polar surface area (TPSA) is 118 Å². The lowest BCUT2D eigenvalue weighted by Crippen LogP contribution is -2.40. The van der Waals surface area contributed by atoms with Crippen LogP contribution in [-0.4, -0.2) is 79.8 Å². The molecule has 0 aliphatic carbocycles. The highest BCUT2D eigenvalue weighted by atomic mass is 32.2. The Kier molecular flexibility index (Phi) is 8.29. The lowest BCUT2D eigenvalue weighted by Gasteiger charge is -2.26. The number of nitrogens with one attached hydrogen (secondary N) is 1. The number of morpholine rings is 1. The van der Waals surface area contributed by atoms with Gasteiger partial charge in [-0.3, -0.25) is 14.5 Å². The van der Waals surface area contributed by atoms with Crippen LogP contribution in [0.25, 0.3) is 0 Å². The minimum absolute atomic E-state index is 0.0429. The Hall–Kier alpha value is -2.93. The van der Waals surface area contributed by atoms with Crippen LogP contribution in [0, 0.1) is 0 Å². The van der Waals surface area contributed by atoms with Gasteiger partial charge in [-0.25, -0.2) is 13.4 Å². The van der Waals surface area contributed by atoms with Crippen LogP contribution in [-0.2, 0) is 24.3 Å². The van der Waals surface area contributed by atoms with Crippen molar-refractivity contribution in [3.05, 3.63) is 48.5 Å². The Balaban J connectivity index is 1.46. The first-order valence-corrected chi connectivity index (χ1v) is 13.8. The van der Waals surface area contributed by atoms with E-state index in [0.717, 1.165) is 0 Å². The third-order valence-electron chi connectivity index (χ3n) is 5.62. The van der Waals surface area contributed by atoms with E-state index in [9.17, 15) is 18.0 Å². The van der Waals surface area contributed by atoms with Gasteiger partial charge in [-0.1, -0.05) is 30.0 Å². The highest BCUT2D eigenvalue weighted by Crippen LogP contribution is 2.32. The molecule has 192 valence electrons. The monoisotopic (exact) mass is 532 g/mol. The summed E-state index contributed by atoms with van der Waals surface area (Å²) >= 11 is 1.17. The second kappa shape index (κ2) is 11.4. The fraction of sp³-hybridized carbons (Fsp3) is 0.375. The van der Waals surface area contributed by atoms with Gasteiger partial charge in [-0.05, 0) is 37.3 Å². The summed E-state index contributed by atoms with van der Waals surface area (Å²) in [6.07, 6.45) is -0.0429. The van der Waals surface area contributed by atoms with E-state index in [1.165, 1.54) is 33.1 Å². The summed E-state index contributed by atoms with van der Waals surface area (Å²) in [5.41, 5.74) is 0.947. The molecule has 1 N–H and O–H groups in total. The molecule has 2 aliphatic heterocycles. The van der Waals surface area contributed by atoms with Crippen molar-refractivity contribution in [2.45, 2.75) is 23.5 Å². The largest absolute Gasteiger partial charge is 0.492 e. The number of anilines is 1. The number of carbonyl (C=O) groups is 2. The van der Waals surface area contributed by atoms with Gasteiger partial charge in [-0.2, -0.15) is 4.31 Å².